The van der Waals surface area contributed by atoms with Gasteiger partial charge in [0.2, 0.25) is 0 Å². The van der Waals surface area contributed by atoms with Gasteiger partial charge in [0, 0.05) is 5.69 Å². The molecule has 0 unspecified atom stereocenters. The van der Waals surface area contributed by atoms with Gasteiger partial charge in [0.25, 0.3) is 0 Å². The van der Waals surface area contributed by atoms with Gasteiger partial charge in [0.05, 0.1) is 0 Å². The van der Waals surface area contributed by atoms with Crippen LogP contribution in [-0.4, -0.2) is 0 Å². The molecule has 4 aromatic carbocycles. The first kappa shape index (κ1) is 12.9. The predicted octanol–water partition coefficient (Wildman–Crippen LogP) is 5.17. The molecule has 0 aliphatic carbocycles. The number of nitrogens with two attached hydrogens (primary N) is 1. The van der Waals surface area contributed by atoms with Crippen LogP contribution < -0.4 is 5.73 Å². The van der Waals surface area contributed by atoms with Gasteiger partial charge in [-0.15, -0.1) is 0 Å². The van der Waals surface area contributed by atoms with E-state index >= 15 is 0 Å². The first-order chi connectivity index (χ1) is 10.8. The lowest BCUT2D eigenvalue weighted by molar-refractivity contribution is 1.22. The van der Waals surface area contributed by atoms with Crippen molar-refractivity contribution in [3.8, 4) is 0 Å². The second kappa shape index (κ2) is 5.19. The van der Waals surface area contributed by atoms with Crippen molar-refractivity contribution < 1.29 is 0 Å². The maximum absolute atomic E-state index is 5.92. The fourth-order valence-electron chi connectivity index (χ4n) is 3.20. The Morgan fingerprint density at radius 3 is 2.18 bits per heavy atom. The van der Waals surface area contributed by atoms with Gasteiger partial charge in [-0.25, -0.2) is 0 Å². The van der Waals surface area contributed by atoms with E-state index in [9.17, 15) is 0 Å². The Kier molecular flexibility index (Phi) is 3.05. The molecule has 0 aromatic heterocycles. The third kappa shape index (κ3) is 2.21. The van der Waals surface area contributed by atoms with Gasteiger partial charge in [-0.3, -0.25) is 0 Å². The number of nitrogen functional groups attached to an aromatic ring is 1. The summed E-state index contributed by atoms with van der Waals surface area (Å²) in [6, 6.07) is 27.7. The number of hydrogen-bond acceptors (Lipinski definition) is 1. The first-order valence-electron chi connectivity index (χ1n) is 7.55. The van der Waals surface area contributed by atoms with Gasteiger partial charge in [-0.2, -0.15) is 0 Å². The molecule has 22 heavy (non-hydrogen) atoms. The number of anilines is 1. The molecule has 0 aliphatic heterocycles. The molecule has 4 rings (SSSR count). The molecule has 0 amide bonds. The maximum atomic E-state index is 5.92. The summed E-state index contributed by atoms with van der Waals surface area (Å²) in [6.45, 7) is 0. The molecule has 0 aliphatic rings. The maximum Gasteiger partial charge on any atom is 0.0316 e. The van der Waals surface area contributed by atoms with Crippen LogP contribution >= 0.6 is 0 Å². The molecule has 0 fully saturated rings. The van der Waals surface area contributed by atoms with Crippen molar-refractivity contribution >= 4 is 27.2 Å². The van der Waals surface area contributed by atoms with E-state index in [1.165, 1.54) is 32.7 Å². The number of hydrogen-bond donors (Lipinski definition) is 1. The second-order valence-corrected chi connectivity index (χ2v) is 5.72. The second-order valence-electron chi connectivity index (χ2n) is 5.72. The molecule has 0 atom stereocenters. The molecule has 106 valence electrons. The molecule has 0 spiro atoms. The molecule has 0 saturated carbocycles. The normalized spacial score (nSPS) is 11.1. The van der Waals surface area contributed by atoms with Crippen LogP contribution in [0.3, 0.4) is 0 Å². The first-order valence-corrected chi connectivity index (χ1v) is 7.55. The summed E-state index contributed by atoms with van der Waals surface area (Å²) in [7, 11) is 0. The third-order valence-corrected chi connectivity index (χ3v) is 4.20. The molecule has 1 heteroatoms. The highest BCUT2D eigenvalue weighted by Crippen LogP contribution is 2.30. The Balaban J connectivity index is 1.95. The minimum absolute atomic E-state index is 0.822. The Morgan fingerprint density at radius 2 is 1.36 bits per heavy atom. The lowest BCUT2D eigenvalue weighted by Crippen LogP contribution is -1.93. The lowest BCUT2D eigenvalue weighted by atomic mass is 9.93. The van der Waals surface area contributed by atoms with Gasteiger partial charge < -0.3 is 5.73 Å². The predicted molar refractivity (Wildman–Crippen MR) is 95.1 cm³/mol. The van der Waals surface area contributed by atoms with Crippen LogP contribution in [-0.2, 0) is 6.42 Å². The molecule has 0 radical (unpaired) electrons. The van der Waals surface area contributed by atoms with Crippen LogP contribution in [0.1, 0.15) is 11.1 Å². The van der Waals surface area contributed by atoms with Crippen LogP contribution in [0.25, 0.3) is 21.5 Å². The zero-order chi connectivity index (χ0) is 14.9. The average Bonchev–Trinajstić information content (AvgIpc) is 2.55. The van der Waals surface area contributed by atoms with Crippen LogP contribution in [0.15, 0.2) is 78.9 Å². The van der Waals surface area contributed by atoms with Crippen molar-refractivity contribution in [2.45, 2.75) is 6.42 Å². The summed E-state index contributed by atoms with van der Waals surface area (Å²) in [4.78, 5) is 0. The van der Waals surface area contributed by atoms with E-state index in [-0.39, 0.29) is 0 Å². The number of benzene rings is 4. The Bertz CT molecular complexity index is 970. The molecule has 4 aromatic rings. The molecule has 0 bridgehead atoms. The zero-order valence-corrected chi connectivity index (χ0v) is 12.3. The quantitative estimate of drug-likeness (QED) is 0.399. The van der Waals surface area contributed by atoms with Gasteiger partial charge in [-0.05, 0) is 51.2 Å². The van der Waals surface area contributed by atoms with E-state index in [0.717, 1.165) is 12.1 Å². The molecule has 0 heterocycles. The minimum atomic E-state index is 0.822. The van der Waals surface area contributed by atoms with Crippen LogP contribution in [0, 0.1) is 0 Å². The van der Waals surface area contributed by atoms with E-state index in [1.54, 1.807) is 0 Å². The third-order valence-electron chi connectivity index (χ3n) is 4.20. The fourth-order valence-corrected chi connectivity index (χ4v) is 3.20. The minimum Gasteiger partial charge on any atom is -0.399 e. The summed E-state index contributed by atoms with van der Waals surface area (Å²) in [5, 5.41) is 5.25. The molecular weight excluding hydrogens is 266 g/mol. The van der Waals surface area contributed by atoms with Crippen molar-refractivity contribution in [1.82, 2.24) is 0 Å². The highest BCUT2D eigenvalue weighted by Gasteiger charge is 2.07. The number of rotatable bonds is 2. The van der Waals surface area contributed by atoms with Gasteiger partial charge in [-0.1, -0.05) is 66.7 Å². The summed E-state index contributed by atoms with van der Waals surface area (Å²) < 4.78 is 0. The topological polar surface area (TPSA) is 26.0 Å². The van der Waals surface area contributed by atoms with E-state index in [0.29, 0.717) is 0 Å². The highest BCUT2D eigenvalue weighted by molar-refractivity contribution is 6.09. The van der Waals surface area contributed by atoms with Gasteiger partial charge in [0.1, 0.15) is 0 Å². The van der Waals surface area contributed by atoms with Crippen LogP contribution in [0.2, 0.25) is 0 Å². The van der Waals surface area contributed by atoms with Crippen molar-refractivity contribution in [3.05, 3.63) is 90.0 Å². The lowest BCUT2D eigenvalue weighted by Gasteiger charge is -2.11. The van der Waals surface area contributed by atoms with Gasteiger partial charge >= 0.3 is 0 Å². The smallest absolute Gasteiger partial charge is 0.0316 e. The SMILES string of the molecule is Nc1cccc(Cc2cc3ccccc3c3ccccc23)c1. The Labute approximate surface area is 130 Å². The molecule has 1 nitrogen and oxygen atoms in total. The van der Waals surface area contributed by atoms with Crippen LogP contribution in [0.4, 0.5) is 5.69 Å². The van der Waals surface area contributed by atoms with Crippen molar-refractivity contribution in [3.63, 3.8) is 0 Å². The summed E-state index contributed by atoms with van der Waals surface area (Å²) in [6.07, 6.45) is 0.899. The standard InChI is InChI=1S/C21H17N/c22-18-8-5-6-15(13-18)12-17-14-16-7-1-2-9-19(16)21-11-4-3-10-20(17)21/h1-11,13-14H,12,22H2. The van der Waals surface area contributed by atoms with E-state index in [4.69, 9.17) is 5.73 Å². The van der Waals surface area contributed by atoms with E-state index < -0.39 is 0 Å². The Morgan fingerprint density at radius 1 is 0.636 bits per heavy atom. The largest absolute Gasteiger partial charge is 0.399 e. The van der Waals surface area contributed by atoms with Crippen LogP contribution in [0.5, 0.6) is 0 Å². The summed E-state index contributed by atoms with van der Waals surface area (Å²) >= 11 is 0. The highest BCUT2D eigenvalue weighted by atomic mass is 14.5. The van der Waals surface area contributed by atoms with Crippen molar-refractivity contribution in [2.24, 2.45) is 0 Å². The monoisotopic (exact) mass is 283 g/mol. The zero-order valence-electron chi connectivity index (χ0n) is 12.3. The Hall–Kier alpha value is -2.80. The molecule has 2 N–H and O–H groups in total. The summed E-state index contributed by atoms with van der Waals surface area (Å²) in [5.74, 6) is 0. The van der Waals surface area contributed by atoms with E-state index in [2.05, 4.69) is 66.7 Å². The fraction of sp³-hybridized carbons (Fsp3) is 0.0476. The summed E-state index contributed by atoms with van der Waals surface area (Å²) in [5.41, 5.74) is 9.33. The molecular formula is C21H17N. The van der Waals surface area contributed by atoms with Gasteiger partial charge in [0.15, 0.2) is 0 Å². The number of fused-ring (bicyclic) bond motifs is 3. The van der Waals surface area contributed by atoms with Crippen molar-refractivity contribution in [1.29, 1.82) is 0 Å². The molecule has 0 saturated heterocycles. The van der Waals surface area contributed by atoms with Crippen molar-refractivity contribution in [2.75, 3.05) is 5.73 Å². The van der Waals surface area contributed by atoms with E-state index in [1.807, 2.05) is 12.1 Å². The average molecular weight is 283 g/mol.